The zero-order valence-corrected chi connectivity index (χ0v) is 13.1. The molecular weight excluding hydrogens is 270 g/mol. The molecule has 1 atom stereocenters. The number of aryl methyl sites for hydroxylation is 2. The summed E-state index contributed by atoms with van der Waals surface area (Å²) in [6, 6.07) is 14.7. The number of aromatic hydroxyl groups is 1. The number of aromatic nitrogens is 1. The van der Waals surface area contributed by atoms with Crippen molar-refractivity contribution in [1.82, 2.24) is 4.57 Å². The molecule has 1 aliphatic rings. The summed E-state index contributed by atoms with van der Waals surface area (Å²) in [6.07, 6.45) is 4.67. The molecule has 0 amide bonds. The number of phenols is 1. The van der Waals surface area contributed by atoms with E-state index in [9.17, 15) is 5.11 Å². The van der Waals surface area contributed by atoms with Crippen molar-refractivity contribution < 1.29 is 5.11 Å². The summed E-state index contributed by atoms with van der Waals surface area (Å²) in [5.41, 5.74) is 4.85. The lowest BCUT2D eigenvalue weighted by atomic mass is 9.96. The summed E-state index contributed by atoms with van der Waals surface area (Å²) >= 11 is 0. The van der Waals surface area contributed by atoms with E-state index in [0.717, 1.165) is 5.56 Å². The molecule has 0 aliphatic heterocycles. The largest absolute Gasteiger partial charge is 0.508 e. The van der Waals surface area contributed by atoms with E-state index < -0.39 is 0 Å². The fourth-order valence-electron chi connectivity index (χ4n) is 3.70. The molecule has 1 N–H and O–H groups in total. The lowest BCUT2D eigenvalue weighted by Crippen LogP contribution is -2.14. The Morgan fingerprint density at radius 2 is 1.73 bits per heavy atom. The Morgan fingerprint density at radius 1 is 1.00 bits per heavy atom. The Bertz CT molecular complexity index is 822. The van der Waals surface area contributed by atoms with E-state index in [1.54, 1.807) is 0 Å². The summed E-state index contributed by atoms with van der Waals surface area (Å²) < 4.78 is 2.38. The summed E-state index contributed by atoms with van der Waals surface area (Å²) in [5, 5.41) is 11.7. The molecule has 1 saturated carbocycles. The molecule has 4 rings (SSSR count). The van der Waals surface area contributed by atoms with Crippen LogP contribution in [0.5, 0.6) is 5.75 Å². The maximum Gasteiger partial charge on any atom is 0.121 e. The van der Waals surface area contributed by atoms with E-state index in [-0.39, 0.29) is 6.04 Å². The Hall–Kier alpha value is -2.22. The summed E-state index contributed by atoms with van der Waals surface area (Å²) in [4.78, 5) is 0. The van der Waals surface area contributed by atoms with Crippen LogP contribution in [0.25, 0.3) is 10.9 Å². The first-order valence-electron chi connectivity index (χ1n) is 8.01. The van der Waals surface area contributed by atoms with Crippen LogP contribution in [-0.4, -0.2) is 9.67 Å². The van der Waals surface area contributed by atoms with Gasteiger partial charge in [0.05, 0.1) is 11.6 Å². The van der Waals surface area contributed by atoms with Crippen molar-refractivity contribution >= 4 is 10.9 Å². The highest BCUT2D eigenvalue weighted by atomic mass is 16.3. The molecule has 1 fully saturated rings. The molecule has 1 unspecified atom stereocenters. The molecule has 0 bridgehead atoms. The van der Waals surface area contributed by atoms with Gasteiger partial charge in [0.15, 0.2) is 0 Å². The number of para-hydroxylation sites is 1. The van der Waals surface area contributed by atoms with Crippen molar-refractivity contribution in [2.24, 2.45) is 5.92 Å². The standard InChI is InChI=1S/C20H21NO/c1-13-5-4-8-17(22)18(13)20(16-9-10-16)21-12-11-15-7-3-6-14(2)19(15)21/h3-8,11-12,16,20,22H,9-10H2,1-2H3. The molecule has 0 spiro atoms. The normalized spacial score (nSPS) is 16.1. The average molecular weight is 291 g/mol. The number of rotatable bonds is 3. The minimum Gasteiger partial charge on any atom is -0.508 e. The molecule has 2 heteroatoms. The van der Waals surface area contributed by atoms with Gasteiger partial charge in [0.2, 0.25) is 0 Å². The van der Waals surface area contributed by atoms with E-state index in [1.807, 2.05) is 12.1 Å². The van der Waals surface area contributed by atoms with Crippen molar-refractivity contribution in [1.29, 1.82) is 0 Å². The maximum atomic E-state index is 10.5. The zero-order valence-electron chi connectivity index (χ0n) is 13.1. The third-order valence-corrected chi connectivity index (χ3v) is 4.91. The highest BCUT2D eigenvalue weighted by Crippen LogP contribution is 2.48. The lowest BCUT2D eigenvalue weighted by molar-refractivity contribution is 0.441. The van der Waals surface area contributed by atoms with Crippen molar-refractivity contribution in [3.05, 3.63) is 65.4 Å². The second kappa shape index (κ2) is 4.91. The summed E-state index contributed by atoms with van der Waals surface area (Å²) in [5.74, 6) is 1.05. The highest BCUT2D eigenvalue weighted by Gasteiger charge is 2.36. The van der Waals surface area contributed by atoms with Gasteiger partial charge in [-0.25, -0.2) is 0 Å². The van der Waals surface area contributed by atoms with Crippen LogP contribution in [0.2, 0.25) is 0 Å². The third kappa shape index (κ3) is 2.02. The first-order valence-corrected chi connectivity index (χ1v) is 8.01. The van der Waals surface area contributed by atoms with Crippen molar-refractivity contribution in [2.45, 2.75) is 32.7 Å². The first kappa shape index (κ1) is 13.4. The first-order chi connectivity index (χ1) is 10.7. The number of hydrogen-bond donors (Lipinski definition) is 1. The molecule has 0 radical (unpaired) electrons. The van der Waals surface area contributed by atoms with E-state index in [0.29, 0.717) is 11.7 Å². The minimum atomic E-state index is 0.236. The van der Waals surface area contributed by atoms with Gasteiger partial charge in [-0.2, -0.15) is 0 Å². The van der Waals surface area contributed by atoms with Crippen LogP contribution in [0.15, 0.2) is 48.7 Å². The molecule has 1 heterocycles. The Morgan fingerprint density at radius 3 is 2.45 bits per heavy atom. The lowest BCUT2D eigenvalue weighted by Gasteiger charge is -2.24. The number of benzene rings is 2. The van der Waals surface area contributed by atoms with Gasteiger partial charge in [-0.15, -0.1) is 0 Å². The predicted molar refractivity (Wildman–Crippen MR) is 90.4 cm³/mol. The molecule has 3 aromatic rings. The maximum absolute atomic E-state index is 10.5. The second-order valence-corrected chi connectivity index (χ2v) is 6.53. The fourth-order valence-corrected chi connectivity index (χ4v) is 3.70. The van der Waals surface area contributed by atoms with Crippen LogP contribution in [0.3, 0.4) is 0 Å². The monoisotopic (exact) mass is 291 g/mol. The molecule has 0 saturated heterocycles. The van der Waals surface area contributed by atoms with Gasteiger partial charge >= 0.3 is 0 Å². The molecule has 112 valence electrons. The van der Waals surface area contributed by atoms with E-state index in [1.165, 1.54) is 34.9 Å². The SMILES string of the molecule is Cc1cccc(O)c1C(C1CC1)n1ccc2cccc(C)c21. The van der Waals surface area contributed by atoms with E-state index >= 15 is 0 Å². The van der Waals surface area contributed by atoms with Crippen LogP contribution in [0, 0.1) is 19.8 Å². The summed E-state index contributed by atoms with van der Waals surface area (Å²) in [7, 11) is 0. The molecule has 1 aliphatic carbocycles. The van der Waals surface area contributed by atoms with Gasteiger partial charge in [0.25, 0.3) is 0 Å². The highest BCUT2D eigenvalue weighted by molar-refractivity contribution is 5.83. The van der Waals surface area contributed by atoms with Crippen LogP contribution in [0.1, 0.15) is 35.6 Å². The number of hydrogen-bond acceptors (Lipinski definition) is 1. The smallest absolute Gasteiger partial charge is 0.121 e. The average Bonchev–Trinajstić information content (AvgIpc) is 3.23. The fraction of sp³-hybridized carbons (Fsp3) is 0.300. The molecule has 22 heavy (non-hydrogen) atoms. The molecule has 2 nitrogen and oxygen atoms in total. The van der Waals surface area contributed by atoms with Gasteiger partial charge in [0, 0.05) is 11.8 Å². The second-order valence-electron chi connectivity index (χ2n) is 6.53. The van der Waals surface area contributed by atoms with Crippen molar-refractivity contribution in [3.63, 3.8) is 0 Å². The van der Waals surface area contributed by atoms with Gasteiger partial charge in [0.1, 0.15) is 5.75 Å². The topological polar surface area (TPSA) is 25.2 Å². The quantitative estimate of drug-likeness (QED) is 0.724. The number of fused-ring (bicyclic) bond motifs is 1. The van der Waals surface area contributed by atoms with Crippen LogP contribution >= 0.6 is 0 Å². The van der Waals surface area contributed by atoms with Crippen LogP contribution in [-0.2, 0) is 0 Å². The van der Waals surface area contributed by atoms with Crippen molar-refractivity contribution in [2.75, 3.05) is 0 Å². The Labute approximate surface area is 131 Å². The van der Waals surface area contributed by atoms with Gasteiger partial charge in [-0.3, -0.25) is 0 Å². The van der Waals surface area contributed by atoms with E-state index in [2.05, 4.69) is 54.9 Å². The van der Waals surface area contributed by atoms with Gasteiger partial charge < -0.3 is 9.67 Å². The molecule has 2 aromatic carbocycles. The summed E-state index contributed by atoms with van der Waals surface area (Å²) in [6.45, 7) is 4.27. The van der Waals surface area contributed by atoms with Crippen molar-refractivity contribution in [3.8, 4) is 5.75 Å². The third-order valence-electron chi connectivity index (χ3n) is 4.91. The zero-order chi connectivity index (χ0) is 15.3. The van der Waals surface area contributed by atoms with Crippen LogP contribution in [0.4, 0.5) is 0 Å². The minimum absolute atomic E-state index is 0.236. The molecular formula is C20H21NO. The van der Waals surface area contributed by atoms with Gasteiger partial charge in [-0.05, 0) is 61.3 Å². The van der Waals surface area contributed by atoms with E-state index in [4.69, 9.17) is 0 Å². The molecule has 1 aromatic heterocycles. The van der Waals surface area contributed by atoms with Gasteiger partial charge in [-0.1, -0.05) is 30.3 Å². The number of nitrogens with zero attached hydrogens (tertiary/aromatic N) is 1. The predicted octanol–water partition coefficient (Wildman–Crippen LogP) is 4.96. The van der Waals surface area contributed by atoms with Crippen LogP contribution < -0.4 is 0 Å². The Balaban J connectivity index is 1.96. The Kier molecular flexibility index (Phi) is 3.00. The number of phenolic OH excluding ortho intramolecular Hbond substituents is 1.